The quantitative estimate of drug-likeness (QED) is 0.362. The van der Waals surface area contributed by atoms with Crippen molar-refractivity contribution < 1.29 is 36.9 Å². The van der Waals surface area contributed by atoms with Crippen LogP contribution in [0.5, 0.6) is 0 Å². The molecule has 0 aliphatic heterocycles. The third kappa shape index (κ3) is 5.59. The number of halogens is 1. The number of benzene rings is 2. The van der Waals surface area contributed by atoms with Crippen molar-refractivity contribution in [1.82, 2.24) is 4.47 Å². The Hall–Kier alpha value is -3.42. The van der Waals surface area contributed by atoms with Crippen LogP contribution in [0.1, 0.15) is 17.3 Å². The normalized spacial score (nSPS) is 12.3. The van der Waals surface area contributed by atoms with Crippen LogP contribution >= 0.6 is 0 Å². The number of hydroxylamine groups is 1. The van der Waals surface area contributed by atoms with Gasteiger partial charge in [-0.15, -0.1) is 0 Å². The highest BCUT2D eigenvalue weighted by Gasteiger charge is 2.24. The second-order valence-corrected chi connectivity index (χ2v) is 8.02. The van der Waals surface area contributed by atoms with Gasteiger partial charge in [0.15, 0.2) is 6.10 Å². The van der Waals surface area contributed by atoms with Crippen LogP contribution in [-0.4, -0.2) is 49.9 Å². The van der Waals surface area contributed by atoms with E-state index in [-0.39, 0.29) is 16.1 Å². The molecule has 2 aromatic carbocycles. The van der Waals surface area contributed by atoms with E-state index in [1.807, 2.05) is 0 Å². The van der Waals surface area contributed by atoms with E-state index in [2.05, 4.69) is 10.2 Å². The molecule has 1 N–H and O–H groups in total. The Morgan fingerprint density at radius 3 is 2.52 bits per heavy atom. The van der Waals surface area contributed by atoms with Gasteiger partial charge in [0.25, 0.3) is 15.9 Å². The first-order valence-electron chi connectivity index (χ1n) is 8.56. The fourth-order valence-electron chi connectivity index (χ4n) is 2.29. The van der Waals surface area contributed by atoms with Gasteiger partial charge in [0.2, 0.25) is 5.82 Å². The first-order chi connectivity index (χ1) is 14.5. The molecule has 31 heavy (non-hydrogen) atoms. The lowest BCUT2D eigenvalue weighted by Crippen LogP contribution is -2.30. The summed E-state index contributed by atoms with van der Waals surface area (Å²) in [7, 11) is -1.68. The lowest BCUT2D eigenvalue weighted by Gasteiger charge is -2.16. The van der Waals surface area contributed by atoms with E-state index >= 15 is 0 Å². The zero-order valence-electron chi connectivity index (χ0n) is 16.6. The van der Waals surface area contributed by atoms with Crippen molar-refractivity contribution in [1.29, 1.82) is 0 Å². The van der Waals surface area contributed by atoms with Crippen LogP contribution in [0, 0.1) is 15.9 Å². The molecule has 0 spiro atoms. The molecule has 13 heteroatoms. The van der Waals surface area contributed by atoms with Gasteiger partial charge in [0.05, 0.1) is 22.5 Å². The maximum Gasteiger partial charge on any atom is 0.338 e. The molecule has 0 saturated heterocycles. The summed E-state index contributed by atoms with van der Waals surface area (Å²) in [6, 6.07) is 7.66. The van der Waals surface area contributed by atoms with Crippen LogP contribution in [0.2, 0.25) is 0 Å². The number of rotatable bonds is 8. The lowest BCUT2D eigenvalue weighted by atomic mass is 10.2. The number of ether oxygens (including phenoxy) is 1. The van der Waals surface area contributed by atoms with Crippen molar-refractivity contribution in [2.45, 2.75) is 17.9 Å². The number of nitro groups is 1. The number of sulfonamides is 1. The smallest absolute Gasteiger partial charge is 0.338 e. The first kappa shape index (κ1) is 23.9. The molecule has 2 aromatic rings. The van der Waals surface area contributed by atoms with Crippen molar-refractivity contribution >= 4 is 33.3 Å². The van der Waals surface area contributed by atoms with Gasteiger partial charge in [0.1, 0.15) is 0 Å². The van der Waals surface area contributed by atoms with E-state index in [0.717, 1.165) is 31.4 Å². The van der Waals surface area contributed by atoms with E-state index in [0.29, 0.717) is 4.47 Å². The summed E-state index contributed by atoms with van der Waals surface area (Å²) in [6.07, 6.45) is -1.35. The Balaban J connectivity index is 2.12. The minimum absolute atomic E-state index is 0.0725. The monoisotopic (exact) mass is 455 g/mol. The predicted octanol–water partition coefficient (Wildman–Crippen LogP) is 2.10. The number of nitrogens with zero attached hydrogens (tertiary/aromatic N) is 2. The number of esters is 1. The third-order valence-corrected chi connectivity index (χ3v) is 5.70. The number of hydrogen-bond donors (Lipinski definition) is 1. The summed E-state index contributed by atoms with van der Waals surface area (Å²) in [4.78, 5) is 38.8. The van der Waals surface area contributed by atoms with Gasteiger partial charge in [-0.25, -0.2) is 13.2 Å². The van der Waals surface area contributed by atoms with Crippen LogP contribution in [0.3, 0.4) is 0 Å². The second kappa shape index (κ2) is 9.59. The highest BCUT2D eigenvalue weighted by Crippen LogP contribution is 2.22. The van der Waals surface area contributed by atoms with Gasteiger partial charge in [-0.2, -0.15) is 4.39 Å². The summed E-state index contributed by atoms with van der Waals surface area (Å²) < 4.78 is 43.6. The van der Waals surface area contributed by atoms with Crippen molar-refractivity contribution in [3.05, 3.63) is 64.0 Å². The van der Waals surface area contributed by atoms with Gasteiger partial charge in [0, 0.05) is 18.8 Å². The average molecular weight is 455 g/mol. The number of nitrogens with one attached hydrogen (secondary N) is 1. The van der Waals surface area contributed by atoms with Crippen LogP contribution in [0.4, 0.5) is 15.8 Å². The molecule has 0 heterocycles. The van der Waals surface area contributed by atoms with E-state index < -0.39 is 44.4 Å². The van der Waals surface area contributed by atoms with Crippen molar-refractivity contribution in [2.75, 3.05) is 19.5 Å². The number of nitro benzene ring substituents is 1. The lowest BCUT2D eigenvalue weighted by molar-refractivity contribution is -0.387. The van der Waals surface area contributed by atoms with E-state index in [1.165, 1.54) is 32.2 Å². The van der Waals surface area contributed by atoms with Crippen molar-refractivity contribution in [3.63, 3.8) is 0 Å². The number of amides is 1. The Morgan fingerprint density at radius 2 is 1.90 bits per heavy atom. The molecule has 2 rings (SSSR count). The minimum atomic E-state index is -4.01. The highest BCUT2D eigenvalue weighted by atomic mass is 32.2. The molecule has 0 bridgehead atoms. The van der Waals surface area contributed by atoms with Crippen molar-refractivity contribution in [2.24, 2.45) is 0 Å². The predicted molar refractivity (Wildman–Crippen MR) is 105 cm³/mol. The summed E-state index contributed by atoms with van der Waals surface area (Å²) in [5.74, 6) is -2.89. The Morgan fingerprint density at radius 1 is 1.23 bits per heavy atom. The molecule has 1 amide bonds. The zero-order valence-corrected chi connectivity index (χ0v) is 17.4. The van der Waals surface area contributed by atoms with Gasteiger partial charge in [-0.05, 0) is 37.3 Å². The second-order valence-electron chi connectivity index (χ2n) is 6.09. The topological polar surface area (TPSA) is 145 Å². The maximum atomic E-state index is 13.4. The number of carbonyl (C=O) groups excluding carboxylic acids is 2. The molecule has 0 aliphatic rings. The molecule has 166 valence electrons. The summed E-state index contributed by atoms with van der Waals surface area (Å²) in [5.41, 5.74) is -1.04. The largest absolute Gasteiger partial charge is 0.449 e. The number of anilines is 1. The molecule has 1 unspecified atom stereocenters. The number of hydrogen-bond acceptors (Lipinski definition) is 8. The van der Waals surface area contributed by atoms with Crippen LogP contribution in [0.15, 0.2) is 47.4 Å². The molecular formula is C18H18FN3O8S. The third-order valence-electron chi connectivity index (χ3n) is 4.03. The first-order valence-corrected chi connectivity index (χ1v) is 10.00. The average Bonchev–Trinajstić information content (AvgIpc) is 2.74. The molecular weight excluding hydrogens is 437 g/mol. The SMILES string of the molecule is CON(C)S(=O)(=O)c1cccc(C(=O)OC(C)C(=O)Nc2ccc(F)c([N+](=O)[O-])c2)c1. The van der Waals surface area contributed by atoms with Gasteiger partial charge < -0.3 is 10.1 Å². The van der Waals surface area contributed by atoms with Gasteiger partial charge in [-0.1, -0.05) is 10.5 Å². The molecule has 0 aromatic heterocycles. The molecule has 0 saturated carbocycles. The Bertz CT molecular complexity index is 1120. The van der Waals surface area contributed by atoms with Crippen LogP contribution < -0.4 is 5.32 Å². The van der Waals surface area contributed by atoms with E-state index in [9.17, 15) is 32.5 Å². The molecule has 0 aliphatic carbocycles. The fraction of sp³-hybridized carbons (Fsp3) is 0.222. The minimum Gasteiger partial charge on any atom is -0.449 e. The number of carbonyl (C=O) groups is 2. The summed E-state index contributed by atoms with van der Waals surface area (Å²) >= 11 is 0. The fourth-order valence-corrected chi connectivity index (χ4v) is 3.31. The van der Waals surface area contributed by atoms with Gasteiger partial charge in [-0.3, -0.25) is 19.7 Å². The summed E-state index contributed by atoms with van der Waals surface area (Å²) in [5, 5.41) is 13.1. The van der Waals surface area contributed by atoms with E-state index in [4.69, 9.17) is 4.74 Å². The summed E-state index contributed by atoms with van der Waals surface area (Å²) in [6.45, 7) is 1.24. The molecule has 0 fully saturated rings. The van der Waals surface area contributed by atoms with Crippen molar-refractivity contribution in [3.8, 4) is 0 Å². The molecule has 11 nitrogen and oxygen atoms in total. The van der Waals surface area contributed by atoms with Crippen LogP contribution in [-0.2, 0) is 24.4 Å². The standard InChI is InChI=1S/C18H18FN3O8S/c1-11(17(23)20-13-7-8-15(19)16(10-13)22(25)26)30-18(24)12-5-4-6-14(9-12)31(27,28)21(2)29-3/h4-11H,1-3H3,(H,20,23). The Kier molecular flexibility index (Phi) is 7.38. The van der Waals surface area contributed by atoms with E-state index in [1.54, 1.807) is 0 Å². The molecule has 1 atom stereocenters. The Labute approximate surface area is 176 Å². The van der Waals surface area contributed by atoms with Gasteiger partial charge >= 0.3 is 11.7 Å². The highest BCUT2D eigenvalue weighted by molar-refractivity contribution is 7.89. The maximum absolute atomic E-state index is 13.4. The van der Waals surface area contributed by atoms with Crippen LogP contribution in [0.25, 0.3) is 0 Å². The zero-order chi connectivity index (χ0) is 23.3. The molecule has 0 radical (unpaired) electrons.